The van der Waals surface area contributed by atoms with E-state index in [0.29, 0.717) is 18.5 Å². The Bertz CT molecular complexity index is 474. The van der Waals surface area contributed by atoms with Crippen LogP contribution in [0.3, 0.4) is 0 Å². The Hall–Kier alpha value is -1.46. The van der Waals surface area contributed by atoms with Crippen LogP contribution in [0.1, 0.15) is 24.8 Å². The molecule has 1 aromatic heterocycles. The number of ether oxygens (including phenoxy) is 1. The quantitative estimate of drug-likeness (QED) is 0.823. The molecule has 1 aromatic rings. The van der Waals surface area contributed by atoms with Gasteiger partial charge in [0.05, 0.1) is 19.8 Å². The fraction of sp³-hybridized carbons (Fsp3) is 0.647. The van der Waals surface area contributed by atoms with Gasteiger partial charge in [0.15, 0.2) is 0 Å². The Labute approximate surface area is 132 Å². The van der Waals surface area contributed by atoms with Crippen LogP contribution in [0.15, 0.2) is 24.5 Å². The molecule has 0 spiro atoms. The normalized spacial score (nSPS) is 22.9. The zero-order valence-electron chi connectivity index (χ0n) is 13.1. The minimum atomic E-state index is 0.291. The van der Waals surface area contributed by atoms with Crippen LogP contribution in [-0.4, -0.2) is 66.1 Å². The second-order valence-electron chi connectivity index (χ2n) is 6.17. The Morgan fingerprint density at radius 2 is 2.00 bits per heavy atom. The molecule has 1 unspecified atom stereocenters. The van der Waals surface area contributed by atoms with Crippen molar-refractivity contribution in [3.05, 3.63) is 30.1 Å². The zero-order valence-corrected chi connectivity index (χ0v) is 13.1. The number of likely N-dealkylation sites (tertiary alicyclic amines) is 1. The van der Waals surface area contributed by atoms with E-state index in [1.807, 2.05) is 12.4 Å². The third kappa shape index (κ3) is 4.05. The molecule has 1 atom stereocenters. The van der Waals surface area contributed by atoms with Crippen LogP contribution in [0.2, 0.25) is 0 Å². The summed E-state index contributed by atoms with van der Waals surface area (Å²) in [5.74, 6) is 0.291. The van der Waals surface area contributed by atoms with Crippen LogP contribution in [0.4, 0.5) is 0 Å². The van der Waals surface area contributed by atoms with Gasteiger partial charge in [-0.2, -0.15) is 0 Å². The third-order valence-electron chi connectivity index (χ3n) is 4.68. The lowest BCUT2D eigenvalue weighted by molar-refractivity contribution is -0.134. The summed E-state index contributed by atoms with van der Waals surface area (Å²) in [5.41, 5.74) is 1.31. The fourth-order valence-corrected chi connectivity index (χ4v) is 3.39. The molecule has 2 fully saturated rings. The van der Waals surface area contributed by atoms with Crippen molar-refractivity contribution in [2.45, 2.75) is 31.7 Å². The van der Waals surface area contributed by atoms with Crippen LogP contribution in [-0.2, 0) is 16.0 Å². The van der Waals surface area contributed by atoms with E-state index in [1.54, 1.807) is 0 Å². The van der Waals surface area contributed by atoms with Crippen molar-refractivity contribution in [2.24, 2.45) is 0 Å². The van der Waals surface area contributed by atoms with Gasteiger partial charge in [-0.1, -0.05) is 0 Å². The van der Waals surface area contributed by atoms with Gasteiger partial charge in [0.2, 0.25) is 5.91 Å². The average Bonchev–Trinajstić information content (AvgIpc) is 3.03. The summed E-state index contributed by atoms with van der Waals surface area (Å²) in [4.78, 5) is 20.9. The van der Waals surface area contributed by atoms with Crippen molar-refractivity contribution in [3.63, 3.8) is 0 Å². The molecule has 2 saturated heterocycles. The predicted octanol–water partition coefficient (Wildman–Crippen LogP) is 1.34. The molecule has 3 heterocycles. The summed E-state index contributed by atoms with van der Waals surface area (Å²) in [7, 11) is 0. The lowest BCUT2D eigenvalue weighted by atomic mass is 10.0. The molecule has 1 amide bonds. The van der Waals surface area contributed by atoms with E-state index < -0.39 is 0 Å². The monoisotopic (exact) mass is 303 g/mol. The molecule has 2 aliphatic rings. The van der Waals surface area contributed by atoms with Crippen LogP contribution < -0.4 is 0 Å². The topological polar surface area (TPSA) is 45.7 Å². The van der Waals surface area contributed by atoms with Gasteiger partial charge in [-0.3, -0.25) is 14.7 Å². The van der Waals surface area contributed by atoms with Gasteiger partial charge in [-0.05, 0) is 43.4 Å². The molecule has 22 heavy (non-hydrogen) atoms. The lowest BCUT2D eigenvalue weighted by Gasteiger charge is -2.30. The van der Waals surface area contributed by atoms with E-state index in [-0.39, 0.29) is 0 Å². The Morgan fingerprint density at radius 1 is 1.23 bits per heavy atom. The largest absolute Gasteiger partial charge is 0.379 e. The van der Waals surface area contributed by atoms with Crippen molar-refractivity contribution < 1.29 is 9.53 Å². The van der Waals surface area contributed by atoms with Gasteiger partial charge in [0.1, 0.15) is 0 Å². The first kappa shape index (κ1) is 15.4. The van der Waals surface area contributed by atoms with Crippen LogP contribution >= 0.6 is 0 Å². The molecule has 0 aromatic carbocycles. The van der Waals surface area contributed by atoms with Crippen molar-refractivity contribution >= 4 is 5.91 Å². The third-order valence-corrected chi connectivity index (χ3v) is 4.68. The number of pyridine rings is 1. The maximum atomic E-state index is 12.6. The summed E-state index contributed by atoms with van der Waals surface area (Å²) in [6.07, 6.45) is 8.03. The van der Waals surface area contributed by atoms with Crippen LogP contribution in [0.25, 0.3) is 0 Å². The first-order valence-electron chi connectivity index (χ1n) is 8.31. The smallest absolute Gasteiger partial charge is 0.236 e. The summed E-state index contributed by atoms with van der Waals surface area (Å²) in [6.45, 7) is 4.72. The van der Waals surface area contributed by atoms with Crippen molar-refractivity contribution in [1.29, 1.82) is 0 Å². The molecule has 0 N–H and O–H groups in total. The minimum absolute atomic E-state index is 0.291. The first-order valence-corrected chi connectivity index (χ1v) is 8.31. The summed E-state index contributed by atoms with van der Waals surface area (Å²) < 4.78 is 5.34. The number of hydrogen-bond donors (Lipinski definition) is 0. The van der Waals surface area contributed by atoms with Gasteiger partial charge in [0, 0.05) is 38.1 Å². The van der Waals surface area contributed by atoms with Gasteiger partial charge in [0.25, 0.3) is 0 Å². The number of nitrogens with zero attached hydrogens (tertiary/aromatic N) is 3. The van der Waals surface area contributed by atoms with E-state index in [2.05, 4.69) is 26.9 Å². The molecule has 5 nitrogen and oxygen atoms in total. The molecule has 0 aliphatic carbocycles. The fourth-order valence-electron chi connectivity index (χ4n) is 3.39. The number of hydrogen-bond acceptors (Lipinski definition) is 4. The highest BCUT2D eigenvalue weighted by molar-refractivity contribution is 5.78. The van der Waals surface area contributed by atoms with Gasteiger partial charge in [-0.15, -0.1) is 0 Å². The molecular formula is C17H25N3O2. The summed E-state index contributed by atoms with van der Waals surface area (Å²) in [5, 5.41) is 0. The van der Waals surface area contributed by atoms with E-state index in [4.69, 9.17) is 4.74 Å². The Kier molecular flexibility index (Phi) is 5.40. The average molecular weight is 303 g/mol. The lowest BCUT2D eigenvalue weighted by Crippen LogP contribution is -2.46. The number of carbonyl (C=O) groups is 1. The van der Waals surface area contributed by atoms with Crippen LogP contribution in [0, 0.1) is 0 Å². The predicted molar refractivity (Wildman–Crippen MR) is 84.6 cm³/mol. The molecule has 3 rings (SSSR count). The zero-order chi connectivity index (χ0) is 15.2. The molecule has 0 saturated carbocycles. The Balaban J connectivity index is 1.50. The summed E-state index contributed by atoms with van der Waals surface area (Å²) in [6, 6.07) is 4.53. The molecule has 120 valence electrons. The second-order valence-corrected chi connectivity index (χ2v) is 6.17. The standard InChI is InChI=1S/C17H25N3O2/c21-17(14-19-10-12-22-13-11-19)20-9-1-2-16(20)4-3-15-5-7-18-8-6-15/h5-8,16H,1-4,9-14H2. The van der Waals surface area contributed by atoms with Crippen LogP contribution in [0.5, 0.6) is 0 Å². The molecule has 0 radical (unpaired) electrons. The van der Waals surface area contributed by atoms with E-state index in [9.17, 15) is 4.79 Å². The number of aromatic nitrogens is 1. The van der Waals surface area contributed by atoms with Crippen molar-refractivity contribution in [1.82, 2.24) is 14.8 Å². The SMILES string of the molecule is O=C(CN1CCOCC1)N1CCCC1CCc1ccncc1. The molecular weight excluding hydrogens is 278 g/mol. The second kappa shape index (κ2) is 7.70. The van der Waals surface area contributed by atoms with E-state index >= 15 is 0 Å². The molecule has 2 aliphatic heterocycles. The highest BCUT2D eigenvalue weighted by Gasteiger charge is 2.29. The van der Waals surface area contributed by atoms with E-state index in [1.165, 1.54) is 5.56 Å². The number of rotatable bonds is 5. The molecule has 5 heteroatoms. The summed E-state index contributed by atoms with van der Waals surface area (Å²) >= 11 is 0. The van der Waals surface area contributed by atoms with Gasteiger partial charge in [-0.25, -0.2) is 0 Å². The maximum Gasteiger partial charge on any atom is 0.236 e. The number of aryl methyl sites for hydroxylation is 1. The highest BCUT2D eigenvalue weighted by Crippen LogP contribution is 2.22. The first-order chi connectivity index (χ1) is 10.8. The van der Waals surface area contributed by atoms with Crippen molar-refractivity contribution in [2.75, 3.05) is 39.4 Å². The van der Waals surface area contributed by atoms with E-state index in [0.717, 1.165) is 58.5 Å². The van der Waals surface area contributed by atoms with Gasteiger partial charge < -0.3 is 9.64 Å². The minimum Gasteiger partial charge on any atom is -0.379 e. The number of amides is 1. The Morgan fingerprint density at radius 3 is 2.77 bits per heavy atom. The van der Waals surface area contributed by atoms with Gasteiger partial charge >= 0.3 is 0 Å². The number of carbonyl (C=O) groups excluding carboxylic acids is 1. The molecule has 0 bridgehead atoms. The van der Waals surface area contributed by atoms with Crippen molar-refractivity contribution in [3.8, 4) is 0 Å². The number of morpholine rings is 1. The maximum absolute atomic E-state index is 12.6. The highest BCUT2D eigenvalue weighted by atomic mass is 16.5.